The Kier molecular flexibility index (Phi) is 1.87. The molecule has 0 saturated heterocycles. The third-order valence-corrected chi connectivity index (χ3v) is 5.90. The molecule has 0 radical (unpaired) electrons. The van der Waals surface area contributed by atoms with Gasteiger partial charge in [-0.3, -0.25) is 4.79 Å². The molecule has 4 aliphatic rings. The average Bonchev–Trinajstić information content (AvgIpc) is 2.76. The van der Waals surface area contributed by atoms with Crippen molar-refractivity contribution in [1.82, 2.24) is 0 Å². The molecule has 1 aromatic rings. The third kappa shape index (κ3) is 1.12. The van der Waals surface area contributed by atoms with E-state index in [4.69, 9.17) is 5.73 Å². The normalized spacial score (nSPS) is 44.4. The molecular weight excluding hydrogens is 222 g/mol. The summed E-state index contributed by atoms with van der Waals surface area (Å²) in [5.41, 5.74) is 7.27. The summed E-state index contributed by atoms with van der Waals surface area (Å²) in [5.74, 6) is 1.24. The van der Waals surface area contributed by atoms with Gasteiger partial charge in [0.1, 0.15) is 0 Å². The van der Waals surface area contributed by atoms with Gasteiger partial charge in [-0.25, -0.2) is 0 Å². The Morgan fingerprint density at radius 1 is 1.22 bits per heavy atom. The molecule has 4 atom stereocenters. The van der Waals surface area contributed by atoms with E-state index in [1.165, 1.54) is 24.8 Å². The standard InChI is InChI=1S/C16H19NO.H2/c17-14(18)16-8-11-6-13(16)9-15(7-11,10-16)12-4-2-1-3-5-12;/h1-5,11,13H,6-10H2,(H2,17,18);1H. The zero-order chi connectivity index (χ0) is 12.4. The zero-order valence-corrected chi connectivity index (χ0v) is 10.6. The molecule has 0 heterocycles. The predicted molar refractivity (Wildman–Crippen MR) is 71.9 cm³/mol. The van der Waals surface area contributed by atoms with Crippen LogP contribution in [0, 0.1) is 17.3 Å². The van der Waals surface area contributed by atoms with E-state index in [0.29, 0.717) is 5.92 Å². The minimum atomic E-state index is -0.168. The molecule has 2 N–H and O–H groups in total. The SMILES string of the molecule is NC(=O)C12CC3CC1CC(c1ccccc1)(C3)C2.[HH]. The molecule has 4 saturated carbocycles. The summed E-state index contributed by atoms with van der Waals surface area (Å²) in [6.45, 7) is 0. The molecule has 2 heteroatoms. The largest absolute Gasteiger partial charge is 0.369 e. The van der Waals surface area contributed by atoms with Crippen molar-refractivity contribution in [3.8, 4) is 0 Å². The maximum Gasteiger partial charge on any atom is 0.223 e. The molecule has 1 amide bonds. The number of primary amides is 1. The Labute approximate surface area is 109 Å². The molecule has 4 bridgehead atoms. The lowest BCUT2D eigenvalue weighted by Gasteiger charge is -2.40. The van der Waals surface area contributed by atoms with Gasteiger partial charge >= 0.3 is 0 Å². The van der Waals surface area contributed by atoms with Crippen LogP contribution in [0.2, 0.25) is 0 Å². The molecule has 5 rings (SSSR count). The molecule has 4 aliphatic carbocycles. The van der Waals surface area contributed by atoms with Crippen molar-refractivity contribution in [3.63, 3.8) is 0 Å². The van der Waals surface area contributed by atoms with Crippen LogP contribution in [0.1, 0.15) is 39.1 Å². The third-order valence-electron chi connectivity index (χ3n) is 5.90. The van der Waals surface area contributed by atoms with Gasteiger partial charge in [0, 0.05) is 1.43 Å². The second-order valence-electron chi connectivity index (χ2n) is 6.75. The van der Waals surface area contributed by atoms with Crippen LogP contribution in [-0.4, -0.2) is 5.91 Å². The van der Waals surface area contributed by atoms with E-state index in [2.05, 4.69) is 30.3 Å². The molecule has 0 aliphatic heterocycles. The molecule has 96 valence electrons. The molecule has 0 aromatic heterocycles. The minimum absolute atomic E-state index is 0. The van der Waals surface area contributed by atoms with Crippen molar-refractivity contribution in [2.24, 2.45) is 23.0 Å². The van der Waals surface area contributed by atoms with Gasteiger partial charge in [0.25, 0.3) is 0 Å². The van der Waals surface area contributed by atoms with Gasteiger partial charge in [-0.15, -0.1) is 0 Å². The van der Waals surface area contributed by atoms with Crippen molar-refractivity contribution < 1.29 is 6.22 Å². The van der Waals surface area contributed by atoms with Gasteiger partial charge in [-0.2, -0.15) is 0 Å². The van der Waals surface area contributed by atoms with E-state index in [9.17, 15) is 4.79 Å². The van der Waals surface area contributed by atoms with Gasteiger partial charge in [-0.1, -0.05) is 30.3 Å². The van der Waals surface area contributed by atoms with Gasteiger partial charge in [0.2, 0.25) is 5.91 Å². The van der Waals surface area contributed by atoms with Gasteiger partial charge in [-0.05, 0) is 54.9 Å². The first-order valence-electron chi connectivity index (χ1n) is 7.00. The van der Waals surface area contributed by atoms with Crippen molar-refractivity contribution >= 4 is 5.91 Å². The number of benzene rings is 1. The lowest BCUT2D eigenvalue weighted by molar-refractivity contribution is -0.129. The number of amides is 1. The maximum absolute atomic E-state index is 12.0. The van der Waals surface area contributed by atoms with Crippen molar-refractivity contribution in [2.45, 2.75) is 37.5 Å². The second kappa shape index (κ2) is 3.17. The van der Waals surface area contributed by atoms with Crippen LogP contribution in [0.25, 0.3) is 0 Å². The van der Waals surface area contributed by atoms with E-state index in [1.807, 2.05) is 0 Å². The Balaban J connectivity index is 0.00000110. The summed E-state index contributed by atoms with van der Waals surface area (Å²) in [6, 6.07) is 10.8. The van der Waals surface area contributed by atoms with Crippen LogP contribution < -0.4 is 5.73 Å². The summed E-state index contributed by atoms with van der Waals surface area (Å²) < 4.78 is 0. The Morgan fingerprint density at radius 3 is 2.67 bits per heavy atom. The zero-order valence-electron chi connectivity index (χ0n) is 10.6. The Morgan fingerprint density at radius 2 is 2.00 bits per heavy atom. The Bertz CT molecular complexity index is 517. The first-order chi connectivity index (χ1) is 8.65. The summed E-state index contributed by atoms with van der Waals surface area (Å²) >= 11 is 0. The average molecular weight is 243 g/mol. The number of rotatable bonds is 2. The molecule has 4 unspecified atom stereocenters. The molecule has 1 aromatic carbocycles. The molecule has 2 nitrogen and oxygen atoms in total. The van der Waals surface area contributed by atoms with Crippen LogP contribution >= 0.6 is 0 Å². The predicted octanol–water partition coefficient (Wildman–Crippen LogP) is 2.87. The van der Waals surface area contributed by atoms with Crippen LogP contribution in [-0.2, 0) is 10.2 Å². The number of hydrogen-bond acceptors (Lipinski definition) is 1. The highest BCUT2D eigenvalue weighted by atomic mass is 16.1. The van der Waals surface area contributed by atoms with E-state index in [1.54, 1.807) is 0 Å². The van der Waals surface area contributed by atoms with Crippen molar-refractivity contribution in [2.75, 3.05) is 0 Å². The number of hydrogen-bond donors (Lipinski definition) is 1. The van der Waals surface area contributed by atoms with Crippen LogP contribution in [0.3, 0.4) is 0 Å². The highest BCUT2D eigenvalue weighted by molar-refractivity contribution is 5.83. The summed E-state index contributed by atoms with van der Waals surface area (Å²) in [5, 5.41) is 0. The van der Waals surface area contributed by atoms with Crippen molar-refractivity contribution in [3.05, 3.63) is 35.9 Å². The molecule has 0 spiro atoms. The van der Waals surface area contributed by atoms with E-state index < -0.39 is 0 Å². The fourth-order valence-corrected chi connectivity index (χ4v) is 5.42. The monoisotopic (exact) mass is 243 g/mol. The van der Waals surface area contributed by atoms with Gasteiger partial charge in [0.05, 0.1) is 5.41 Å². The quantitative estimate of drug-likeness (QED) is 0.852. The van der Waals surface area contributed by atoms with Crippen LogP contribution in [0.4, 0.5) is 0 Å². The molecular formula is C16H21NO. The minimum Gasteiger partial charge on any atom is -0.369 e. The number of carbonyl (C=O) groups excluding carboxylic acids is 1. The van der Waals surface area contributed by atoms with Crippen molar-refractivity contribution in [1.29, 1.82) is 0 Å². The number of carbonyl (C=O) groups is 1. The summed E-state index contributed by atoms with van der Waals surface area (Å²) in [4.78, 5) is 12.0. The number of nitrogens with two attached hydrogens (primary N) is 1. The second-order valence-corrected chi connectivity index (χ2v) is 6.75. The van der Waals surface area contributed by atoms with E-state index in [-0.39, 0.29) is 18.2 Å². The lowest BCUT2D eigenvalue weighted by Crippen LogP contribution is -2.41. The fraction of sp³-hybridized carbons (Fsp3) is 0.562. The first kappa shape index (κ1) is 10.6. The summed E-state index contributed by atoms with van der Waals surface area (Å²) in [6.07, 6.45) is 5.73. The van der Waals surface area contributed by atoms with Crippen LogP contribution in [0.15, 0.2) is 30.3 Å². The molecule has 4 fully saturated rings. The smallest absolute Gasteiger partial charge is 0.223 e. The Hall–Kier alpha value is -1.31. The fourth-order valence-electron chi connectivity index (χ4n) is 5.42. The summed E-state index contributed by atoms with van der Waals surface area (Å²) in [7, 11) is 0. The van der Waals surface area contributed by atoms with E-state index >= 15 is 0 Å². The van der Waals surface area contributed by atoms with Crippen LogP contribution in [0.5, 0.6) is 0 Å². The molecule has 18 heavy (non-hydrogen) atoms. The van der Waals surface area contributed by atoms with Gasteiger partial charge < -0.3 is 5.73 Å². The lowest BCUT2D eigenvalue weighted by atomic mass is 9.63. The van der Waals surface area contributed by atoms with Gasteiger partial charge in [0.15, 0.2) is 0 Å². The van der Waals surface area contributed by atoms with E-state index in [0.717, 1.165) is 18.8 Å². The topological polar surface area (TPSA) is 43.1 Å². The highest BCUT2D eigenvalue weighted by Crippen LogP contribution is 2.70. The highest BCUT2D eigenvalue weighted by Gasteiger charge is 2.66. The first-order valence-corrected chi connectivity index (χ1v) is 7.00. The maximum atomic E-state index is 12.0.